The summed E-state index contributed by atoms with van der Waals surface area (Å²) in [6, 6.07) is 10.0. The molecule has 3 nitrogen and oxygen atoms in total. The van der Waals surface area contributed by atoms with Gasteiger partial charge in [-0.15, -0.1) is 6.58 Å². The number of hydrogen-bond acceptors (Lipinski definition) is 2. The van der Waals surface area contributed by atoms with Crippen molar-refractivity contribution in [3.63, 3.8) is 0 Å². The lowest BCUT2D eigenvalue weighted by Crippen LogP contribution is -2.40. The quantitative estimate of drug-likeness (QED) is 0.665. The molecule has 1 amide bonds. The maximum absolute atomic E-state index is 12.7. The fraction of sp³-hybridized carbons (Fsp3) is 0.571. The van der Waals surface area contributed by atoms with Crippen molar-refractivity contribution in [2.24, 2.45) is 17.8 Å². The fourth-order valence-electron chi connectivity index (χ4n) is 3.62. The van der Waals surface area contributed by atoms with Gasteiger partial charge in [0.15, 0.2) is 0 Å². The molecular weight excluding hydrogens is 298 g/mol. The average Bonchev–Trinajstić information content (AvgIpc) is 2.55. The summed E-state index contributed by atoms with van der Waals surface area (Å²) in [5.41, 5.74) is 1.11. The maximum Gasteiger partial charge on any atom is 0.410 e. The van der Waals surface area contributed by atoms with Gasteiger partial charge < -0.3 is 9.64 Å². The summed E-state index contributed by atoms with van der Waals surface area (Å²) in [6.07, 6.45) is 4.93. The fourth-order valence-corrected chi connectivity index (χ4v) is 3.62. The van der Waals surface area contributed by atoms with Crippen molar-refractivity contribution in [1.29, 1.82) is 0 Å². The summed E-state index contributed by atoms with van der Waals surface area (Å²) in [6.45, 7) is 11.5. The van der Waals surface area contributed by atoms with E-state index in [0.29, 0.717) is 30.8 Å². The second kappa shape index (κ2) is 8.91. The number of carbonyl (C=O) groups is 1. The lowest BCUT2D eigenvalue weighted by Gasteiger charge is -2.37. The van der Waals surface area contributed by atoms with Crippen LogP contribution in [0.5, 0.6) is 0 Å². The number of rotatable bonds is 6. The highest BCUT2D eigenvalue weighted by atomic mass is 16.6. The molecule has 2 rings (SSSR count). The minimum absolute atomic E-state index is 0.0318. The van der Waals surface area contributed by atoms with Gasteiger partial charge in [0, 0.05) is 13.1 Å². The van der Waals surface area contributed by atoms with Crippen LogP contribution >= 0.6 is 0 Å². The topological polar surface area (TPSA) is 29.5 Å². The number of amides is 1. The number of carbonyl (C=O) groups excluding carboxylic acids is 1. The van der Waals surface area contributed by atoms with Crippen molar-refractivity contribution in [3.8, 4) is 0 Å². The molecule has 1 saturated carbocycles. The van der Waals surface area contributed by atoms with Crippen molar-refractivity contribution in [2.75, 3.05) is 6.54 Å². The molecule has 0 aliphatic heterocycles. The highest BCUT2D eigenvalue weighted by Crippen LogP contribution is 2.35. The van der Waals surface area contributed by atoms with Gasteiger partial charge in [0.05, 0.1) is 0 Å². The van der Waals surface area contributed by atoms with E-state index in [-0.39, 0.29) is 12.2 Å². The molecule has 132 valence electrons. The van der Waals surface area contributed by atoms with Crippen LogP contribution in [-0.4, -0.2) is 23.6 Å². The Morgan fingerprint density at radius 1 is 1.33 bits per heavy atom. The smallest absolute Gasteiger partial charge is 0.410 e. The Morgan fingerprint density at radius 2 is 2.04 bits per heavy atom. The Kier molecular flexibility index (Phi) is 6.89. The first-order valence-corrected chi connectivity index (χ1v) is 9.11. The monoisotopic (exact) mass is 329 g/mol. The van der Waals surface area contributed by atoms with E-state index >= 15 is 0 Å². The Labute approximate surface area is 146 Å². The SMILES string of the molecule is C=CCN(Cc1ccccc1)C(=O)OC1CC(C)CCC1C(C)C. The molecule has 0 saturated heterocycles. The summed E-state index contributed by atoms with van der Waals surface area (Å²) < 4.78 is 5.96. The van der Waals surface area contributed by atoms with Crippen LogP contribution < -0.4 is 0 Å². The van der Waals surface area contributed by atoms with E-state index in [2.05, 4.69) is 27.4 Å². The second-order valence-corrected chi connectivity index (χ2v) is 7.40. The van der Waals surface area contributed by atoms with E-state index in [4.69, 9.17) is 4.74 Å². The van der Waals surface area contributed by atoms with E-state index in [1.165, 1.54) is 6.42 Å². The molecule has 1 aromatic rings. The van der Waals surface area contributed by atoms with Gasteiger partial charge in [-0.2, -0.15) is 0 Å². The van der Waals surface area contributed by atoms with Crippen molar-refractivity contribution in [2.45, 2.75) is 52.7 Å². The standard InChI is InChI=1S/C21H31NO2/c1-5-13-22(15-18-9-7-6-8-10-18)21(23)24-20-14-17(4)11-12-19(20)16(2)3/h5-10,16-17,19-20H,1,11-15H2,2-4H3. The van der Waals surface area contributed by atoms with Crippen LogP contribution in [0.25, 0.3) is 0 Å². The van der Waals surface area contributed by atoms with Crippen LogP contribution in [-0.2, 0) is 11.3 Å². The zero-order chi connectivity index (χ0) is 17.5. The molecule has 3 heteroatoms. The van der Waals surface area contributed by atoms with E-state index in [9.17, 15) is 4.79 Å². The molecule has 24 heavy (non-hydrogen) atoms. The number of ether oxygens (including phenoxy) is 1. The summed E-state index contributed by atoms with van der Waals surface area (Å²) in [4.78, 5) is 14.5. The van der Waals surface area contributed by atoms with Gasteiger partial charge in [-0.05, 0) is 36.2 Å². The molecule has 3 unspecified atom stereocenters. The Bertz CT molecular complexity index is 526. The van der Waals surface area contributed by atoms with Gasteiger partial charge in [0.2, 0.25) is 0 Å². The molecule has 0 N–H and O–H groups in total. The first kappa shape index (κ1) is 18.6. The van der Waals surface area contributed by atoms with Gasteiger partial charge in [0.1, 0.15) is 6.10 Å². The van der Waals surface area contributed by atoms with Gasteiger partial charge in [-0.3, -0.25) is 0 Å². The molecule has 1 aromatic carbocycles. The first-order valence-electron chi connectivity index (χ1n) is 9.11. The summed E-state index contributed by atoms with van der Waals surface area (Å²) in [7, 11) is 0. The zero-order valence-corrected chi connectivity index (χ0v) is 15.3. The summed E-state index contributed by atoms with van der Waals surface area (Å²) >= 11 is 0. The summed E-state index contributed by atoms with van der Waals surface area (Å²) in [5.74, 6) is 1.63. The first-order chi connectivity index (χ1) is 11.5. The van der Waals surface area contributed by atoms with Crippen molar-refractivity contribution in [1.82, 2.24) is 4.90 Å². The third-order valence-electron chi connectivity index (χ3n) is 5.04. The largest absolute Gasteiger partial charge is 0.446 e. The molecule has 0 heterocycles. The van der Waals surface area contributed by atoms with Crippen molar-refractivity contribution in [3.05, 3.63) is 48.6 Å². The molecule has 0 aromatic heterocycles. The van der Waals surface area contributed by atoms with Crippen molar-refractivity contribution < 1.29 is 9.53 Å². The van der Waals surface area contributed by atoms with E-state index in [0.717, 1.165) is 18.4 Å². The van der Waals surface area contributed by atoms with E-state index < -0.39 is 0 Å². The molecule has 0 spiro atoms. The van der Waals surface area contributed by atoms with Gasteiger partial charge in [-0.1, -0.05) is 63.6 Å². The lowest BCUT2D eigenvalue weighted by molar-refractivity contribution is -0.00991. The second-order valence-electron chi connectivity index (χ2n) is 7.40. The number of benzene rings is 1. The van der Waals surface area contributed by atoms with E-state index in [1.807, 2.05) is 30.3 Å². The zero-order valence-electron chi connectivity index (χ0n) is 15.3. The normalized spacial score (nSPS) is 23.8. The van der Waals surface area contributed by atoms with E-state index in [1.54, 1.807) is 11.0 Å². The minimum Gasteiger partial charge on any atom is -0.446 e. The van der Waals surface area contributed by atoms with Crippen molar-refractivity contribution >= 4 is 6.09 Å². The van der Waals surface area contributed by atoms with Crippen LogP contribution in [0.3, 0.4) is 0 Å². The maximum atomic E-state index is 12.7. The highest BCUT2D eigenvalue weighted by molar-refractivity contribution is 5.68. The molecule has 0 radical (unpaired) electrons. The lowest BCUT2D eigenvalue weighted by atomic mass is 9.75. The Morgan fingerprint density at radius 3 is 2.67 bits per heavy atom. The molecule has 1 aliphatic carbocycles. The van der Waals surface area contributed by atoms with Crippen LogP contribution in [0.15, 0.2) is 43.0 Å². The predicted molar refractivity (Wildman–Crippen MR) is 98.7 cm³/mol. The Hall–Kier alpha value is -1.77. The third kappa shape index (κ3) is 5.12. The van der Waals surface area contributed by atoms with Crippen LogP contribution in [0.4, 0.5) is 4.79 Å². The van der Waals surface area contributed by atoms with Gasteiger partial charge in [-0.25, -0.2) is 4.79 Å². The van der Waals surface area contributed by atoms with Crippen LogP contribution in [0.2, 0.25) is 0 Å². The molecule has 0 bridgehead atoms. The average molecular weight is 329 g/mol. The van der Waals surface area contributed by atoms with Crippen LogP contribution in [0, 0.1) is 17.8 Å². The van der Waals surface area contributed by atoms with Gasteiger partial charge >= 0.3 is 6.09 Å². The number of nitrogens with zero attached hydrogens (tertiary/aromatic N) is 1. The van der Waals surface area contributed by atoms with Gasteiger partial charge in [0.25, 0.3) is 0 Å². The highest BCUT2D eigenvalue weighted by Gasteiger charge is 2.34. The molecule has 1 fully saturated rings. The Balaban J connectivity index is 2.04. The molecule has 3 atom stereocenters. The molecule has 1 aliphatic rings. The minimum atomic E-state index is -0.219. The molecular formula is C21H31NO2. The summed E-state index contributed by atoms with van der Waals surface area (Å²) in [5, 5.41) is 0. The van der Waals surface area contributed by atoms with Crippen LogP contribution in [0.1, 0.15) is 45.6 Å². The predicted octanol–water partition coefficient (Wildman–Crippen LogP) is 5.27. The third-order valence-corrected chi connectivity index (χ3v) is 5.04. The number of hydrogen-bond donors (Lipinski definition) is 0.